The van der Waals surface area contributed by atoms with E-state index < -0.39 is 15.8 Å². The highest BCUT2D eigenvalue weighted by Gasteiger charge is 2.35. The van der Waals surface area contributed by atoms with Gasteiger partial charge in [0, 0.05) is 13.1 Å². The molecule has 3 nitrogen and oxygen atoms in total. The van der Waals surface area contributed by atoms with Crippen molar-refractivity contribution in [2.75, 3.05) is 7.05 Å². The molecule has 0 aromatic heterocycles. The van der Waals surface area contributed by atoms with Crippen LogP contribution in [0.1, 0.15) is 18.4 Å². The fourth-order valence-electron chi connectivity index (χ4n) is 1.53. The lowest BCUT2D eigenvalue weighted by atomic mass is 10.2. The normalized spacial score (nSPS) is 16.8. The predicted octanol–water partition coefficient (Wildman–Crippen LogP) is 1.92. The minimum atomic E-state index is -3.52. The molecule has 1 aliphatic carbocycles. The van der Waals surface area contributed by atoms with E-state index in [2.05, 4.69) is 0 Å². The van der Waals surface area contributed by atoms with Crippen LogP contribution >= 0.6 is 0 Å². The van der Waals surface area contributed by atoms with Crippen LogP contribution in [0.2, 0.25) is 0 Å². The number of halogens is 1. The van der Waals surface area contributed by atoms with Crippen molar-refractivity contribution in [3.05, 3.63) is 29.6 Å². The van der Waals surface area contributed by atoms with Crippen molar-refractivity contribution >= 4 is 10.0 Å². The predicted molar refractivity (Wildman–Crippen MR) is 59.1 cm³/mol. The maximum Gasteiger partial charge on any atom is 0.243 e. The molecule has 0 unspecified atom stereocenters. The van der Waals surface area contributed by atoms with E-state index in [1.165, 1.54) is 16.4 Å². The minimum Gasteiger partial charge on any atom is -0.207 e. The van der Waals surface area contributed by atoms with Gasteiger partial charge in [-0.2, -0.15) is 4.31 Å². The Morgan fingerprint density at radius 2 is 2.00 bits per heavy atom. The van der Waals surface area contributed by atoms with Crippen molar-refractivity contribution in [1.29, 1.82) is 0 Å². The number of sulfonamides is 1. The topological polar surface area (TPSA) is 37.4 Å². The van der Waals surface area contributed by atoms with E-state index in [0.717, 1.165) is 18.9 Å². The van der Waals surface area contributed by atoms with Crippen LogP contribution in [0, 0.1) is 12.7 Å². The van der Waals surface area contributed by atoms with Gasteiger partial charge in [0.1, 0.15) is 5.82 Å². The molecule has 0 aliphatic heterocycles. The van der Waals surface area contributed by atoms with E-state index in [1.54, 1.807) is 14.0 Å². The minimum absolute atomic E-state index is 0.0324. The highest BCUT2D eigenvalue weighted by Crippen LogP contribution is 2.30. The summed E-state index contributed by atoms with van der Waals surface area (Å²) in [6.45, 7) is 1.61. The van der Waals surface area contributed by atoms with Crippen LogP contribution in [0.15, 0.2) is 23.1 Å². The van der Waals surface area contributed by atoms with Gasteiger partial charge in [-0.25, -0.2) is 12.8 Å². The fraction of sp³-hybridized carbons (Fsp3) is 0.455. The first-order valence-electron chi connectivity index (χ1n) is 5.17. The maximum absolute atomic E-state index is 13.3. The lowest BCUT2D eigenvalue weighted by Gasteiger charge is -2.16. The number of hydrogen-bond acceptors (Lipinski definition) is 2. The van der Waals surface area contributed by atoms with Gasteiger partial charge in [0.2, 0.25) is 10.0 Å². The van der Waals surface area contributed by atoms with E-state index in [1.807, 2.05) is 0 Å². The second-order valence-corrected chi connectivity index (χ2v) is 6.16. The van der Waals surface area contributed by atoms with Gasteiger partial charge in [0.05, 0.1) is 4.90 Å². The van der Waals surface area contributed by atoms with Gasteiger partial charge < -0.3 is 0 Å². The van der Waals surface area contributed by atoms with Gasteiger partial charge in [-0.1, -0.05) is 6.07 Å². The highest BCUT2D eigenvalue weighted by atomic mass is 32.2. The smallest absolute Gasteiger partial charge is 0.207 e. The average Bonchev–Trinajstić information content (AvgIpc) is 3.04. The summed E-state index contributed by atoms with van der Waals surface area (Å²) >= 11 is 0. The van der Waals surface area contributed by atoms with E-state index in [-0.39, 0.29) is 10.9 Å². The zero-order valence-corrected chi connectivity index (χ0v) is 10.1. The van der Waals surface area contributed by atoms with E-state index in [9.17, 15) is 12.8 Å². The van der Waals surface area contributed by atoms with E-state index in [0.29, 0.717) is 5.56 Å². The summed E-state index contributed by atoms with van der Waals surface area (Å²) in [5, 5.41) is 0. The molecule has 0 spiro atoms. The molecule has 0 N–H and O–H groups in total. The standard InChI is InChI=1S/C11H14FNO2S/c1-8-3-6-10(7-11(8)12)16(14,15)13(2)9-4-5-9/h3,6-7,9H,4-5H2,1-2H3. The van der Waals surface area contributed by atoms with E-state index >= 15 is 0 Å². The van der Waals surface area contributed by atoms with Gasteiger partial charge >= 0.3 is 0 Å². The van der Waals surface area contributed by atoms with Crippen molar-refractivity contribution in [2.45, 2.75) is 30.7 Å². The number of nitrogens with zero attached hydrogens (tertiary/aromatic N) is 1. The third-order valence-corrected chi connectivity index (χ3v) is 4.79. The summed E-state index contributed by atoms with van der Waals surface area (Å²) in [5.74, 6) is -0.481. The largest absolute Gasteiger partial charge is 0.243 e. The molecule has 1 aromatic rings. The van der Waals surface area contributed by atoms with Gasteiger partial charge in [-0.05, 0) is 37.5 Å². The Bertz CT molecular complexity index is 509. The van der Waals surface area contributed by atoms with Gasteiger partial charge in [-0.15, -0.1) is 0 Å². The molecular formula is C11H14FNO2S. The summed E-state index contributed by atoms with van der Waals surface area (Å²) in [6, 6.07) is 4.12. The Balaban J connectivity index is 2.38. The Kier molecular flexibility index (Phi) is 2.75. The second kappa shape index (κ2) is 3.82. The molecule has 5 heteroatoms. The molecule has 88 valence electrons. The van der Waals surface area contributed by atoms with Crippen LogP contribution in [-0.2, 0) is 10.0 Å². The summed E-state index contributed by atoms with van der Waals surface area (Å²) in [5.41, 5.74) is 0.452. The van der Waals surface area contributed by atoms with Crippen LogP contribution < -0.4 is 0 Å². The lowest BCUT2D eigenvalue weighted by Crippen LogP contribution is -2.29. The Morgan fingerprint density at radius 3 is 2.50 bits per heavy atom. The van der Waals surface area contributed by atoms with Crippen LogP contribution in [0.4, 0.5) is 4.39 Å². The molecule has 1 fully saturated rings. The molecule has 1 saturated carbocycles. The number of benzene rings is 1. The van der Waals surface area contributed by atoms with Crippen LogP contribution in [0.25, 0.3) is 0 Å². The third kappa shape index (κ3) is 1.97. The first-order chi connectivity index (χ1) is 7.43. The van der Waals surface area contributed by atoms with Crippen molar-refractivity contribution in [3.63, 3.8) is 0 Å². The zero-order valence-electron chi connectivity index (χ0n) is 9.27. The van der Waals surface area contributed by atoms with Crippen molar-refractivity contribution in [3.8, 4) is 0 Å². The molecule has 1 aromatic carbocycles. The molecule has 0 amide bonds. The van der Waals surface area contributed by atoms with Gasteiger partial charge in [0.15, 0.2) is 0 Å². The quantitative estimate of drug-likeness (QED) is 0.813. The number of rotatable bonds is 3. The molecule has 0 radical (unpaired) electrons. The number of aryl methyl sites for hydroxylation is 1. The van der Waals surface area contributed by atoms with Crippen LogP contribution in [0.3, 0.4) is 0 Å². The fourth-order valence-corrected chi connectivity index (χ4v) is 2.96. The van der Waals surface area contributed by atoms with Crippen LogP contribution in [-0.4, -0.2) is 25.8 Å². The molecular weight excluding hydrogens is 229 g/mol. The molecule has 0 bridgehead atoms. The first kappa shape index (κ1) is 11.5. The molecule has 2 rings (SSSR count). The molecule has 0 heterocycles. The van der Waals surface area contributed by atoms with Crippen LogP contribution in [0.5, 0.6) is 0 Å². The SMILES string of the molecule is Cc1ccc(S(=O)(=O)N(C)C2CC2)cc1F. The Labute approximate surface area is 94.9 Å². The summed E-state index contributed by atoms with van der Waals surface area (Å²) < 4.78 is 38.7. The summed E-state index contributed by atoms with van der Waals surface area (Å²) in [7, 11) is -1.98. The zero-order chi connectivity index (χ0) is 11.9. The van der Waals surface area contributed by atoms with Gasteiger partial charge in [0.25, 0.3) is 0 Å². The molecule has 1 aliphatic rings. The first-order valence-corrected chi connectivity index (χ1v) is 6.61. The Hall–Kier alpha value is -0.940. The maximum atomic E-state index is 13.3. The summed E-state index contributed by atoms with van der Waals surface area (Å²) in [6.07, 6.45) is 1.79. The monoisotopic (exact) mass is 243 g/mol. The van der Waals surface area contributed by atoms with Crippen molar-refractivity contribution in [1.82, 2.24) is 4.31 Å². The third-order valence-electron chi connectivity index (χ3n) is 2.88. The van der Waals surface area contributed by atoms with Crippen molar-refractivity contribution in [2.24, 2.45) is 0 Å². The molecule has 0 atom stereocenters. The van der Waals surface area contributed by atoms with Crippen molar-refractivity contribution < 1.29 is 12.8 Å². The molecule has 0 saturated heterocycles. The number of hydrogen-bond donors (Lipinski definition) is 0. The second-order valence-electron chi connectivity index (χ2n) is 4.16. The highest BCUT2D eigenvalue weighted by molar-refractivity contribution is 7.89. The Morgan fingerprint density at radius 1 is 1.38 bits per heavy atom. The lowest BCUT2D eigenvalue weighted by molar-refractivity contribution is 0.463. The summed E-state index contributed by atoms with van der Waals surface area (Å²) in [4.78, 5) is 0.0324. The average molecular weight is 243 g/mol. The molecule has 16 heavy (non-hydrogen) atoms. The van der Waals surface area contributed by atoms with Gasteiger partial charge in [-0.3, -0.25) is 0 Å². The van der Waals surface area contributed by atoms with E-state index in [4.69, 9.17) is 0 Å².